The molecule has 29 heavy (non-hydrogen) atoms. The maximum absolute atomic E-state index is 12.6. The van der Waals surface area contributed by atoms with Crippen LogP contribution in [0.5, 0.6) is 0 Å². The van der Waals surface area contributed by atoms with Gasteiger partial charge in [-0.25, -0.2) is 0 Å². The number of benzene rings is 1. The minimum absolute atomic E-state index is 0.246. The smallest absolute Gasteiger partial charge is 0.223 e. The molecular formula is C25H32N2O2. The third kappa shape index (κ3) is 4.13. The molecule has 0 radical (unpaired) electrons. The van der Waals surface area contributed by atoms with Gasteiger partial charge in [0, 0.05) is 17.8 Å². The monoisotopic (exact) mass is 392 g/mol. The number of para-hydroxylation sites is 1. The zero-order valence-electron chi connectivity index (χ0n) is 17.3. The fourth-order valence-electron chi connectivity index (χ4n) is 5.36. The number of amides is 1. The Morgan fingerprint density at radius 2 is 2.07 bits per heavy atom. The first-order chi connectivity index (χ1) is 14.2. The molecule has 1 saturated heterocycles. The van der Waals surface area contributed by atoms with Crippen molar-refractivity contribution >= 4 is 16.9 Å². The zero-order valence-corrected chi connectivity index (χ0v) is 17.3. The van der Waals surface area contributed by atoms with Crippen LogP contribution in [0.3, 0.4) is 0 Å². The Kier molecular flexibility index (Phi) is 5.21. The standard InChI is InChI=1S/C25H32N2O2/c28-24(26-13-10-19-6-2-1-3-7-19)22-17-25(22)11-14-27(15-12-25)18-21-16-20-8-4-5-9-23(20)29-21/h4-6,8-9,16,22H,1-3,7,10-15,17-18H2,(H,26,28). The van der Waals surface area contributed by atoms with Crippen molar-refractivity contribution in [2.75, 3.05) is 19.6 Å². The van der Waals surface area contributed by atoms with Gasteiger partial charge in [0.2, 0.25) is 5.91 Å². The molecule has 4 heteroatoms. The Morgan fingerprint density at radius 3 is 2.86 bits per heavy atom. The predicted octanol–water partition coefficient (Wildman–Crippen LogP) is 5.04. The van der Waals surface area contributed by atoms with E-state index in [1.165, 1.54) is 31.1 Å². The van der Waals surface area contributed by atoms with Crippen LogP contribution in [-0.4, -0.2) is 30.4 Å². The molecule has 4 nitrogen and oxygen atoms in total. The van der Waals surface area contributed by atoms with E-state index < -0.39 is 0 Å². The molecule has 2 aromatic rings. The Balaban J connectivity index is 1.07. The van der Waals surface area contributed by atoms with Gasteiger partial charge in [0.1, 0.15) is 11.3 Å². The van der Waals surface area contributed by atoms with E-state index in [4.69, 9.17) is 4.42 Å². The lowest BCUT2D eigenvalue weighted by Crippen LogP contribution is -2.36. The molecule has 2 aliphatic carbocycles. The molecule has 2 heterocycles. The first-order valence-corrected chi connectivity index (χ1v) is 11.4. The number of furan rings is 1. The van der Waals surface area contributed by atoms with Gasteiger partial charge in [0.15, 0.2) is 0 Å². The molecule has 1 unspecified atom stereocenters. The van der Waals surface area contributed by atoms with E-state index in [2.05, 4.69) is 34.5 Å². The fraction of sp³-hybridized carbons (Fsp3) is 0.560. The van der Waals surface area contributed by atoms with Crippen LogP contribution in [0.4, 0.5) is 0 Å². The van der Waals surface area contributed by atoms with Crippen molar-refractivity contribution in [3.63, 3.8) is 0 Å². The summed E-state index contributed by atoms with van der Waals surface area (Å²) in [4.78, 5) is 15.1. The molecule has 154 valence electrons. The highest BCUT2D eigenvalue weighted by Gasteiger charge is 2.58. The molecule has 1 spiro atoms. The third-order valence-electron chi connectivity index (χ3n) is 7.34. The molecule has 1 N–H and O–H groups in total. The van der Waals surface area contributed by atoms with Crippen molar-refractivity contribution in [3.8, 4) is 0 Å². The van der Waals surface area contributed by atoms with E-state index in [0.29, 0.717) is 5.91 Å². The van der Waals surface area contributed by atoms with Crippen molar-refractivity contribution in [2.45, 2.75) is 57.9 Å². The summed E-state index contributed by atoms with van der Waals surface area (Å²) in [6.07, 6.45) is 11.9. The summed E-state index contributed by atoms with van der Waals surface area (Å²) in [6, 6.07) is 10.4. The highest BCUT2D eigenvalue weighted by atomic mass is 16.3. The van der Waals surface area contributed by atoms with Crippen LogP contribution in [0.15, 0.2) is 46.4 Å². The maximum atomic E-state index is 12.6. The number of carbonyl (C=O) groups excluding carboxylic acids is 1. The van der Waals surface area contributed by atoms with E-state index in [1.54, 1.807) is 5.57 Å². The molecule has 2 fully saturated rings. The Hall–Kier alpha value is -2.07. The van der Waals surface area contributed by atoms with Crippen LogP contribution in [-0.2, 0) is 11.3 Å². The number of hydrogen-bond acceptors (Lipinski definition) is 3. The average Bonchev–Trinajstić information content (AvgIpc) is 3.29. The minimum Gasteiger partial charge on any atom is -0.460 e. The van der Waals surface area contributed by atoms with Crippen LogP contribution < -0.4 is 5.32 Å². The Labute approximate surface area is 173 Å². The lowest BCUT2D eigenvalue weighted by atomic mass is 9.90. The van der Waals surface area contributed by atoms with E-state index in [9.17, 15) is 4.79 Å². The summed E-state index contributed by atoms with van der Waals surface area (Å²) in [5.74, 6) is 1.59. The number of hydrogen-bond donors (Lipinski definition) is 1. The second-order valence-electron chi connectivity index (χ2n) is 9.29. The summed E-state index contributed by atoms with van der Waals surface area (Å²) < 4.78 is 5.98. The summed E-state index contributed by atoms with van der Waals surface area (Å²) in [7, 11) is 0. The second-order valence-corrected chi connectivity index (χ2v) is 9.29. The summed E-state index contributed by atoms with van der Waals surface area (Å²) in [6.45, 7) is 3.81. The van der Waals surface area contributed by atoms with Gasteiger partial charge in [-0.15, -0.1) is 0 Å². The van der Waals surface area contributed by atoms with E-state index >= 15 is 0 Å². The van der Waals surface area contributed by atoms with Gasteiger partial charge in [0.25, 0.3) is 0 Å². The average molecular weight is 393 g/mol. The number of nitrogens with zero attached hydrogens (tertiary/aromatic N) is 1. The molecule has 1 aromatic heterocycles. The van der Waals surface area contributed by atoms with Crippen molar-refractivity contribution in [1.82, 2.24) is 10.2 Å². The quantitative estimate of drug-likeness (QED) is 0.701. The molecule has 5 rings (SSSR count). The SMILES string of the molecule is O=C(NCCC1=CCCCC1)C1CC12CCN(Cc1cc3ccccc3o1)CC2. The zero-order chi connectivity index (χ0) is 19.7. The number of nitrogens with one attached hydrogen (secondary N) is 1. The number of likely N-dealkylation sites (tertiary alicyclic amines) is 1. The second kappa shape index (κ2) is 7.98. The molecule has 1 aliphatic heterocycles. The van der Waals surface area contributed by atoms with Gasteiger partial charge in [-0.05, 0) is 82.0 Å². The number of rotatable bonds is 6. The van der Waals surface area contributed by atoms with Gasteiger partial charge >= 0.3 is 0 Å². The van der Waals surface area contributed by atoms with Gasteiger partial charge < -0.3 is 9.73 Å². The molecule has 3 aliphatic rings. The van der Waals surface area contributed by atoms with Crippen LogP contribution in [0, 0.1) is 11.3 Å². The Morgan fingerprint density at radius 1 is 1.21 bits per heavy atom. The van der Waals surface area contributed by atoms with Crippen LogP contribution in [0.1, 0.15) is 57.1 Å². The van der Waals surface area contributed by atoms with E-state index in [1.807, 2.05) is 12.1 Å². The molecule has 1 saturated carbocycles. The van der Waals surface area contributed by atoms with Crippen LogP contribution in [0.2, 0.25) is 0 Å². The molecule has 0 bridgehead atoms. The summed E-state index contributed by atoms with van der Waals surface area (Å²) >= 11 is 0. The first kappa shape index (κ1) is 18.9. The summed E-state index contributed by atoms with van der Waals surface area (Å²) in [5, 5.41) is 4.40. The number of piperidine rings is 1. The maximum Gasteiger partial charge on any atom is 0.223 e. The topological polar surface area (TPSA) is 45.5 Å². The highest BCUT2D eigenvalue weighted by Crippen LogP contribution is 2.59. The van der Waals surface area contributed by atoms with Crippen LogP contribution in [0.25, 0.3) is 11.0 Å². The van der Waals surface area contributed by atoms with Gasteiger partial charge in [0.05, 0.1) is 6.54 Å². The molecular weight excluding hydrogens is 360 g/mol. The third-order valence-corrected chi connectivity index (χ3v) is 7.34. The predicted molar refractivity (Wildman–Crippen MR) is 115 cm³/mol. The Bertz CT molecular complexity index is 871. The molecule has 1 atom stereocenters. The van der Waals surface area contributed by atoms with Crippen molar-refractivity contribution in [3.05, 3.63) is 47.7 Å². The van der Waals surface area contributed by atoms with Crippen LogP contribution >= 0.6 is 0 Å². The van der Waals surface area contributed by atoms with Crippen molar-refractivity contribution in [2.24, 2.45) is 11.3 Å². The highest BCUT2D eigenvalue weighted by molar-refractivity contribution is 5.82. The number of allylic oxidation sites excluding steroid dienone is 1. The fourth-order valence-corrected chi connectivity index (χ4v) is 5.36. The first-order valence-electron chi connectivity index (χ1n) is 11.4. The normalized spacial score (nSPS) is 23.9. The number of fused-ring (bicyclic) bond motifs is 1. The number of carbonyl (C=O) groups is 1. The largest absolute Gasteiger partial charge is 0.460 e. The molecule has 1 aromatic carbocycles. The minimum atomic E-state index is 0.246. The molecule has 1 amide bonds. The van der Waals surface area contributed by atoms with E-state index in [-0.39, 0.29) is 11.3 Å². The van der Waals surface area contributed by atoms with Gasteiger partial charge in [-0.2, -0.15) is 0 Å². The van der Waals surface area contributed by atoms with Crippen molar-refractivity contribution < 1.29 is 9.21 Å². The van der Waals surface area contributed by atoms with Gasteiger partial charge in [-0.3, -0.25) is 9.69 Å². The van der Waals surface area contributed by atoms with E-state index in [0.717, 1.165) is 63.2 Å². The lowest BCUT2D eigenvalue weighted by Gasteiger charge is -2.32. The summed E-state index contributed by atoms with van der Waals surface area (Å²) in [5.41, 5.74) is 2.79. The lowest BCUT2D eigenvalue weighted by molar-refractivity contribution is -0.123. The van der Waals surface area contributed by atoms with Gasteiger partial charge in [-0.1, -0.05) is 29.8 Å². The van der Waals surface area contributed by atoms with Crippen molar-refractivity contribution in [1.29, 1.82) is 0 Å².